The fourth-order valence-electron chi connectivity index (χ4n) is 2.05. The Morgan fingerprint density at radius 3 is 1.06 bits per heavy atom. The maximum Gasteiger partial charge on any atom is -0.0443 e. The van der Waals surface area contributed by atoms with Gasteiger partial charge in [0, 0.05) is 0 Å². The highest BCUT2D eigenvalue weighted by molar-refractivity contribution is 4.56. The Hall–Kier alpha value is 0. The highest BCUT2D eigenvalue weighted by Crippen LogP contribution is 2.14. The highest BCUT2D eigenvalue weighted by atomic mass is 14.0. The third-order valence-corrected chi connectivity index (χ3v) is 3.14. The topological polar surface area (TPSA) is 0 Å². The molecular weight excluding hydrogens is 192 g/mol. The zero-order chi connectivity index (χ0) is 12.2. The number of unbranched alkanes of at least 4 members (excludes halogenated alkanes) is 7. The van der Waals surface area contributed by atoms with Crippen molar-refractivity contribution < 1.29 is 0 Å². The van der Waals surface area contributed by atoms with Gasteiger partial charge in [-0.3, -0.25) is 0 Å². The predicted molar refractivity (Wildman–Crippen MR) is 75.2 cm³/mol. The van der Waals surface area contributed by atoms with E-state index in [4.69, 9.17) is 0 Å². The second-order valence-corrected chi connectivity index (χ2v) is 5.62. The molecule has 0 aliphatic carbocycles. The van der Waals surface area contributed by atoms with Crippen molar-refractivity contribution >= 4 is 0 Å². The van der Waals surface area contributed by atoms with Crippen molar-refractivity contribution in [3.8, 4) is 0 Å². The van der Waals surface area contributed by atoms with Crippen LogP contribution in [0.3, 0.4) is 0 Å². The summed E-state index contributed by atoms with van der Waals surface area (Å²) >= 11 is 0. The van der Waals surface area contributed by atoms with E-state index in [1.807, 2.05) is 0 Å². The summed E-state index contributed by atoms with van der Waals surface area (Å²) in [5, 5.41) is 0. The summed E-state index contributed by atoms with van der Waals surface area (Å²) < 4.78 is 0. The van der Waals surface area contributed by atoms with Gasteiger partial charge in [0.2, 0.25) is 0 Å². The van der Waals surface area contributed by atoms with Gasteiger partial charge in [-0.15, -0.1) is 0 Å². The average Bonchev–Trinajstić information content (AvgIpc) is 2.20. The second kappa shape index (κ2) is 11.5. The Balaban J connectivity index is 2.93. The molecule has 0 aliphatic rings. The maximum atomic E-state index is 4.02. The third kappa shape index (κ3) is 14.0. The van der Waals surface area contributed by atoms with Gasteiger partial charge in [0.25, 0.3) is 0 Å². The second-order valence-electron chi connectivity index (χ2n) is 5.62. The first-order chi connectivity index (χ1) is 7.63. The van der Waals surface area contributed by atoms with Crippen LogP contribution in [0.5, 0.6) is 0 Å². The summed E-state index contributed by atoms with van der Waals surface area (Å²) in [6, 6.07) is 0. The van der Waals surface area contributed by atoms with Crippen molar-refractivity contribution in [3.05, 3.63) is 13.8 Å². The van der Waals surface area contributed by atoms with E-state index < -0.39 is 0 Å². The first kappa shape index (κ1) is 16.0. The van der Waals surface area contributed by atoms with Crippen molar-refractivity contribution in [2.75, 3.05) is 0 Å². The zero-order valence-electron chi connectivity index (χ0n) is 11.6. The van der Waals surface area contributed by atoms with Gasteiger partial charge in [-0.25, -0.2) is 0 Å². The van der Waals surface area contributed by atoms with E-state index in [2.05, 4.69) is 27.7 Å². The molecule has 0 saturated heterocycles. The summed E-state index contributed by atoms with van der Waals surface area (Å²) in [5.41, 5.74) is 0. The van der Waals surface area contributed by atoms with Crippen LogP contribution >= 0.6 is 0 Å². The van der Waals surface area contributed by atoms with Crippen LogP contribution in [-0.2, 0) is 0 Å². The van der Waals surface area contributed by atoms with Gasteiger partial charge < -0.3 is 0 Å². The van der Waals surface area contributed by atoms with E-state index in [0.29, 0.717) is 11.8 Å². The van der Waals surface area contributed by atoms with E-state index in [0.717, 1.165) is 0 Å². The fraction of sp³-hybridized carbons (Fsp3) is 0.875. The molecule has 0 aromatic rings. The first-order valence-electron chi connectivity index (χ1n) is 7.29. The Bertz CT molecular complexity index is 108. The lowest BCUT2D eigenvalue weighted by Crippen LogP contribution is -1.89. The molecule has 0 heteroatoms. The molecule has 16 heavy (non-hydrogen) atoms. The van der Waals surface area contributed by atoms with Gasteiger partial charge in [-0.1, -0.05) is 91.9 Å². The zero-order valence-corrected chi connectivity index (χ0v) is 11.6. The van der Waals surface area contributed by atoms with Crippen LogP contribution in [0.15, 0.2) is 0 Å². The third-order valence-electron chi connectivity index (χ3n) is 3.14. The van der Waals surface area contributed by atoms with Crippen molar-refractivity contribution in [2.24, 2.45) is 11.8 Å². The van der Waals surface area contributed by atoms with Gasteiger partial charge in [-0.2, -0.15) is 0 Å². The monoisotopic (exact) mass is 224 g/mol. The van der Waals surface area contributed by atoms with Crippen LogP contribution in [0.4, 0.5) is 0 Å². The van der Waals surface area contributed by atoms with Crippen molar-refractivity contribution in [1.82, 2.24) is 0 Å². The van der Waals surface area contributed by atoms with E-state index >= 15 is 0 Å². The largest absolute Gasteiger partial charge is 0.0625 e. The summed E-state index contributed by atoms with van der Waals surface area (Å²) in [7, 11) is 0. The SMILES string of the molecule is [CH2]C(C)CCCCCCCCCCC([CH2])C. The number of rotatable bonds is 11. The lowest BCUT2D eigenvalue weighted by Gasteiger charge is -2.05. The Kier molecular flexibility index (Phi) is 11.5. The summed E-state index contributed by atoms with van der Waals surface area (Å²) in [5.74, 6) is 1.29. The molecule has 96 valence electrons. The molecule has 0 aromatic heterocycles. The van der Waals surface area contributed by atoms with E-state index in [1.54, 1.807) is 0 Å². The van der Waals surface area contributed by atoms with Crippen molar-refractivity contribution in [1.29, 1.82) is 0 Å². The van der Waals surface area contributed by atoms with Gasteiger partial charge in [0.15, 0.2) is 0 Å². The molecule has 0 spiro atoms. The molecule has 0 heterocycles. The quantitative estimate of drug-likeness (QED) is 0.387. The number of hydrogen-bond donors (Lipinski definition) is 0. The molecule has 0 amide bonds. The normalized spacial score (nSPS) is 11.6. The minimum atomic E-state index is 0.643. The van der Waals surface area contributed by atoms with Crippen LogP contribution in [0, 0.1) is 25.7 Å². The molecule has 2 atom stereocenters. The molecule has 0 N–H and O–H groups in total. The van der Waals surface area contributed by atoms with Crippen LogP contribution < -0.4 is 0 Å². The maximum absolute atomic E-state index is 4.02. The summed E-state index contributed by atoms with van der Waals surface area (Å²) in [6.07, 6.45) is 13.9. The molecule has 0 aliphatic heterocycles. The lowest BCUT2D eigenvalue weighted by atomic mass is 10.0. The predicted octanol–water partition coefficient (Wildman–Crippen LogP) is 5.83. The minimum Gasteiger partial charge on any atom is -0.0625 e. The van der Waals surface area contributed by atoms with Crippen LogP contribution in [0.2, 0.25) is 0 Å². The molecule has 0 bridgehead atoms. The molecule has 0 nitrogen and oxygen atoms in total. The molecule has 0 rings (SSSR count). The average molecular weight is 224 g/mol. The molecule has 0 aromatic carbocycles. The Labute approximate surface area is 104 Å². The van der Waals surface area contributed by atoms with Gasteiger partial charge in [0.05, 0.1) is 0 Å². The standard InChI is InChI=1S/C16H32/c1-15(2)13-11-9-7-5-6-8-10-12-14-16(3)4/h15-16H,1,3,5-14H2,2,4H3. The first-order valence-corrected chi connectivity index (χ1v) is 7.29. The fourth-order valence-corrected chi connectivity index (χ4v) is 2.05. The van der Waals surface area contributed by atoms with Gasteiger partial charge in [-0.05, 0) is 11.8 Å². The number of hydrogen-bond acceptors (Lipinski definition) is 0. The van der Waals surface area contributed by atoms with Gasteiger partial charge in [0.1, 0.15) is 0 Å². The molecule has 2 unspecified atom stereocenters. The van der Waals surface area contributed by atoms with Crippen molar-refractivity contribution in [3.63, 3.8) is 0 Å². The lowest BCUT2D eigenvalue weighted by molar-refractivity contribution is 0.513. The van der Waals surface area contributed by atoms with Crippen LogP contribution in [0.25, 0.3) is 0 Å². The Morgan fingerprint density at radius 1 is 0.562 bits per heavy atom. The molecule has 0 saturated carbocycles. The van der Waals surface area contributed by atoms with Crippen LogP contribution in [-0.4, -0.2) is 0 Å². The molecular formula is C16H32. The Morgan fingerprint density at radius 2 is 0.812 bits per heavy atom. The summed E-state index contributed by atoms with van der Waals surface area (Å²) in [6.45, 7) is 12.5. The van der Waals surface area contributed by atoms with Gasteiger partial charge >= 0.3 is 0 Å². The van der Waals surface area contributed by atoms with Crippen molar-refractivity contribution in [2.45, 2.75) is 78.1 Å². The van der Waals surface area contributed by atoms with E-state index in [9.17, 15) is 0 Å². The molecule has 0 fully saturated rings. The van der Waals surface area contributed by atoms with Crippen LogP contribution in [0.1, 0.15) is 78.1 Å². The summed E-state index contributed by atoms with van der Waals surface area (Å²) in [4.78, 5) is 0. The smallest absolute Gasteiger partial charge is 0.0443 e. The van der Waals surface area contributed by atoms with E-state index in [-0.39, 0.29) is 0 Å². The highest BCUT2D eigenvalue weighted by Gasteiger charge is 1.96. The van der Waals surface area contributed by atoms with E-state index in [1.165, 1.54) is 64.2 Å². The minimum absolute atomic E-state index is 0.643. The molecule has 2 radical (unpaired) electrons.